The molecule has 0 heterocycles. The van der Waals surface area contributed by atoms with Crippen molar-refractivity contribution in [3.05, 3.63) is 59.7 Å². The van der Waals surface area contributed by atoms with Gasteiger partial charge in [0.2, 0.25) is 0 Å². The summed E-state index contributed by atoms with van der Waals surface area (Å²) < 4.78 is 14.8. The lowest BCUT2D eigenvalue weighted by Gasteiger charge is -2.34. The Hall–Kier alpha value is -1.63. The summed E-state index contributed by atoms with van der Waals surface area (Å²) in [4.78, 5) is 0. The predicted octanol–water partition coefficient (Wildman–Crippen LogP) is 10.4. The molecule has 0 bridgehead atoms. The Morgan fingerprint density at radius 2 is 1.18 bits per heavy atom. The lowest BCUT2D eigenvalue weighted by molar-refractivity contribution is 0.0874. The van der Waals surface area contributed by atoms with E-state index in [1.165, 1.54) is 73.6 Å². The van der Waals surface area contributed by atoms with E-state index < -0.39 is 5.67 Å². The number of rotatable bonds is 9. The molecule has 0 atom stereocenters. The molecule has 2 aliphatic rings. The van der Waals surface area contributed by atoms with Crippen LogP contribution in [0.2, 0.25) is 0 Å². The van der Waals surface area contributed by atoms with E-state index in [9.17, 15) is 4.39 Å². The molecule has 0 unspecified atom stereocenters. The van der Waals surface area contributed by atoms with Crippen molar-refractivity contribution in [1.29, 1.82) is 0 Å². The Bertz CT molecular complexity index is 818. The molecule has 4 rings (SSSR count). The molecular formula is C32H45F. The largest absolute Gasteiger partial charge is 0.244 e. The van der Waals surface area contributed by atoms with Crippen LogP contribution in [-0.2, 0) is 0 Å². The molecule has 0 N–H and O–H groups in total. The number of alkyl halides is 1. The molecule has 0 nitrogen and oxygen atoms in total. The van der Waals surface area contributed by atoms with E-state index in [1.807, 2.05) is 0 Å². The van der Waals surface area contributed by atoms with Crippen LogP contribution in [0.3, 0.4) is 0 Å². The molecule has 2 saturated carbocycles. The van der Waals surface area contributed by atoms with Crippen LogP contribution in [-0.4, -0.2) is 5.67 Å². The van der Waals surface area contributed by atoms with Crippen LogP contribution < -0.4 is 0 Å². The second-order valence-corrected chi connectivity index (χ2v) is 11.1. The average molecular weight is 449 g/mol. The molecule has 2 aliphatic carbocycles. The molecular weight excluding hydrogens is 403 g/mol. The number of unbranched alkanes of at least 4 members (excludes halogenated alkanes) is 2. The van der Waals surface area contributed by atoms with Crippen molar-refractivity contribution < 1.29 is 4.39 Å². The third-order valence-electron chi connectivity index (χ3n) is 8.74. The van der Waals surface area contributed by atoms with Crippen molar-refractivity contribution >= 4 is 0 Å². The number of benzene rings is 2. The lowest BCUT2D eigenvalue weighted by Crippen LogP contribution is -2.28. The fraction of sp³-hybridized carbons (Fsp3) is 0.625. The quantitative estimate of drug-likeness (QED) is 0.335. The molecule has 0 radical (unpaired) electrons. The van der Waals surface area contributed by atoms with Gasteiger partial charge in [-0.25, -0.2) is 4.39 Å². The average Bonchev–Trinajstić information content (AvgIpc) is 2.85. The van der Waals surface area contributed by atoms with Gasteiger partial charge < -0.3 is 0 Å². The molecule has 0 amide bonds. The molecule has 1 heteroatoms. The fourth-order valence-electron chi connectivity index (χ4n) is 6.53. The highest BCUT2D eigenvalue weighted by Gasteiger charge is 2.34. The van der Waals surface area contributed by atoms with Gasteiger partial charge in [0.05, 0.1) is 0 Å². The minimum absolute atomic E-state index is 0.527. The highest BCUT2D eigenvalue weighted by atomic mass is 19.1. The van der Waals surface area contributed by atoms with Crippen molar-refractivity contribution in [3.8, 4) is 11.1 Å². The summed E-state index contributed by atoms with van der Waals surface area (Å²) in [6, 6.07) is 18.5. The summed E-state index contributed by atoms with van der Waals surface area (Å²) >= 11 is 0. The smallest absolute Gasteiger partial charge is 0.111 e. The standard InChI is InChI=1S/C32H45F/c1-3-5-6-7-25-8-10-26(11-9-25)27-12-14-28(15-13-27)29-16-18-30(19-17-29)31-20-23-32(33,22-4-2)24-21-31/h12-19,25-26,31H,3-11,20-24H2,1-2H3/t25-,26-,31?,32?. The second kappa shape index (κ2) is 11.7. The SMILES string of the molecule is CCCCC[C@H]1CC[C@H](c2ccc(-c3ccc(C4CCC(F)(CCC)CC4)cc3)cc2)CC1. The topological polar surface area (TPSA) is 0 Å². The molecule has 0 aliphatic heterocycles. The van der Waals surface area contributed by atoms with Crippen LogP contribution in [0.25, 0.3) is 11.1 Å². The normalized spacial score (nSPS) is 28.0. The Kier molecular flexibility index (Phi) is 8.67. The third kappa shape index (κ3) is 6.49. The third-order valence-corrected chi connectivity index (χ3v) is 8.74. The zero-order valence-electron chi connectivity index (χ0n) is 21.1. The number of hydrogen-bond acceptors (Lipinski definition) is 0. The van der Waals surface area contributed by atoms with Crippen molar-refractivity contribution in [2.45, 2.75) is 121 Å². The minimum atomic E-state index is -0.902. The van der Waals surface area contributed by atoms with E-state index in [1.54, 1.807) is 0 Å². The van der Waals surface area contributed by atoms with Gasteiger partial charge >= 0.3 is 0 Å². The predicted molar refractivity (Wildman–Crippen MR) is 141 cm³/mol. The van der Waals surface area contributed by atoms with Crippen molar-refractivity contribution in [2.24, 2.45) is 5.92 Å². The van der Waals surface area contributed by atoms with E-state index in [4.69, 9.17) is 0 Å². The summed E-state index contributed by atoms with van der Waals surface area (Å²) in [5, 5.41) is 0. The van der Waals surface area contributed by atoms with Gasteiger partial charge in [-0.15, -0.1) is 0 Å². The van der Waals surface area contributed by atoms with Gasteiger partial charge in [0, 0.05) is 0 Å². The van der Waals surface area contributed by atoms with Crippen LogP contribution >= 0.6 is 0 Å². The van der Waals surface area contributed by atoms with Crippen LogP contribution in [0.4, 0.5) is 4.39 Å². The molecule has 33 heavy (non-hydrogen) atoms. The van der Waals surface area contributed by atoms with E-state index in [2.05, 4.69) is 62.4 Å². The van der Waals surface area contributed by atoms with Gasteiger partial charge in [-0.05, 0) is 97.8 Å². The maximum atomic E-state index is 14.8. The molecule has 2 aromatic carbocycles. The lowest BCUT2D eigenvalue weighted by atomic mass is 9.75. The molecule has 0 spiro atoms. The molecule has 0 aromatic heterocycles. The molecule has 2 fully saturated rings. The number of halogens is 1. The maximum absolute atomic E-state index is 14.8. The molecule has 0 saturated heterocycles. The van der Waals surface area contributed by atoms with Crippen LogP contribution in [0, 0.1) is 5.92 Å². The van der Waals surface area contributed by atoms with Gasteiger partial charge in [-0.2, -0.15) is 0 Å². The Morgan fingerprint density at radius 3 is 1.67 bits per heavy atom. The van der Waals surface area contributed by atoms with Crippen LogP contribution in [0.1, 0.15) is 127 Å². The van der Waals surface area contributed by atoms with Crippen LogP contribution in [0.15, 0.2) is 48.5 Å². The first-order valence-electron chi connectivity index (χ1n) is 14.0. The van der Waals surface area contributed by atoms with Crippen molar-refractivity contribution in [1.82, 2.24) is 0 Å². The summed E-state index contributed by atoms with van der Waals surface area (Å²) in [5.41, 5.74) is 4.64. The van der Waals surface area contributed by atoms with Crippen molar-refractivity contribution in [3.63, 3.8) is 0 Å². The highest BCUT2D eigenvalue weighted by Crippen LogP contribution is 2.43. The Balaban J connectivity index is 1.30. The monoisotopic (exact) mass is 448 g/mol. The molecule has 2 aromatic rings. The number of hydrogen-bond donors (Lipinski definition) is 0. The van der Waals surface area contributed by atoms with Crippen LogP contribution in [0.5, 0.6) is 0 Å². The zero-order chi connectivity index (χ0) is 23.1. The Labute approximate surface area is 202 Å². The van der Waals surface area contributed by atoms with Gasteiger partial charge in [-0.3, -0.25) is 0 Å². The van der Waals surface area contributed by atoms with E-state index in [-0.39, 0.29) is 0 Å². The maximum Gasteiger partial charge on any atom is 0.111 e. The van der Waals surface area contributed by atoms with Gasteiger partial charge in [0.25, 0.3) is 0 Å². The van der Waals surface area contributed by atoms with Gasteiger partial charge in [0.1, 0.15) is 5.67 Å². The van der Waals surface area contributed by atoms with Gasteiger partial charge in [0.15, 0.2) is 0 Å². The minimum Gasteiger partial charge on any atom is -0.244 e. The summed E-state index contributed by atoms with van der Waals surface area (Å²) in [6.07, 6.45) is 16.3. The molecule has 180 valence electrons. The highest BCUT2D eigenvalue weighted by molar-refractivity contribution is 5.64. The zero-order valence-corrected chi connectivity index (χ0v) is 21.1. The first kappa shape index (κ1) is 24.5. The first-order chi connectivity index (χ1) is 16.1. The van der Waals surface area contributed by atoms with Crippen molar-refractivity contribution in [2.75, 3.05) is 0 Å². The first-order valence-corrected chi connectivity index (χ1v) is 14.0. The second-order valence-electron chi connectivity index (χ2n) is 11.1. The summed E-state index contributed by atoms with van der Waals surface area (Å²) in [6.45, 7) is 4.40. The van der Waals surface area contributed by atoms with E-state index in [0.717, 1.165) is 50.4 Å². The van der Waals surface area contributed by atoms with Gasteiger partial charge in [-0.1, -0.05) is 94.5 Å². The van der Waals surface area contributed by atoms with E-state index in [0.29, 0.717) is 5.92 Å². The summed E-state index contributed by atoms with van der Waals surface area (Å²) in [5.74, 6) is 2.26. The Morgan fingerprint density at radius 1 is 0.667 bits per heavy atom. The van der Waals surface area contributed by atoms with E-state index >= 15 is 0 Å². The fourth-order valence-corrected chi connectivity index (χ4v) is 6.53. The summed E-state index contributed by atoms with van der Waals surface area (Å²) in [7, 11) is 0.